The van der Waals surface area contributed by atoms with Crippen molar-refractivity contribution in [3.05, 3.63) is 0 Å². The largest absolute Gasteiger partial charge is 0.396 e. The zero-order valence-corrected chi connectivity index (χ0v) is 8.47. The topological polar surface area (TPSA) is 61.4 Å². The predicted octanol–water partition coefficient (Wildman–Crippen LogP) is -0.127. The van der Waals surface area contributed by atoms with Crippen LogP contribution in [0.1, 0.15) is 26.2 Å². The van der Waals surface area contributed by atoms with Crippen LogP contribution in [0.5, 0.6) is 0 Å². The highest BCUT2D eigenvalue weighted by molar-refractivity contribution is 5.76. The Hall–Kier alpha value is -0.610. The smallest absolute Gasteiger partial charge is 0.222 e. The second-order valence-electron chi connectivity index (χ2n) is 3.04. The molecule has 13 heavy (non-hydrogen) atoms. The van der Waals surface area contributed by atoms with E-state index < -0.39 is 0 Å². The van der Waals surface area contributed by atoms with E-state index >= 15 is 0 Å². The average Bonchev–Trinajstić information content (AvgIpc) is 2.12. The van der Waals surface area contributed by atoms with Crippen molar-refractivity contribution in [1.82, 2.24) is 10.6 Å². The number of hydrogen-bond acceptors (Lipinski definition) is 3. The molecule has 0 aromatic carbocycles. The second kappa shape index (κ2) is 8.01. The van der Waals surface area contributed by atoms with E-state index in [1.807, 2.05) is 14.0 Å². The van der Waals surface area contributed by atoms with Gasteiger partial charge in [0.1, 0.15) is 0 Å². The fraction of sp³-hybridized carbons (Fsp3) is 0.889. The van der Waals surface area contributed by atoms with Crippen molar-refractivity contribution >= 4 is 5.91 Å². The molecule has 0 saturated heterocycles. The first-order chi connectivity index (χ1) is 6.24. The van der Waals surface area contributed by atoms with Crippen molar-refractivity contribution in [2.75, 3.05) is 20.2 Å². The summed E-state index contributed by atoms with van der Waals surface area (Å²) < 4.78 is 0. The van der Waals surface area contributed by atoms with Gasteiger partial charge in [0.05, 0.1) is 6.61 Å². The maximum Gasteiger partial charge on any atom is 0.222 e. The van der Waals surface area contributed by atoms with Crippen molar-refractivity contribution in [1.29, 1.82) is 0 Å². The first-order valence-electron chi connectivity index (χ1n) is 4.79. The molecule has 4 nitrogen and oxygen atoms in total. The molecule has 0 fully saturated rings. The molecular weight excluding hydrogens is 168 g/mol. The normalized spacial score (nSPS) is 12.5. The van der Waals surface area contributed by atoms with Crippen LogP contribution in [0.2, 0.25) is 0 Å². The SMILES string of the molecule is CC[C@H](CCNC)NC(=O)CCO. The molecule has 0 aliphatic heterocycles. The van der Waals surface area contributed by atoms with E-state index in [-0.39, 0.29) is 25.0 Å². The van der Waals surface area contributed by atoms with Crippen LogP contribution in [0.15, 0.2) is 0 Å². The molecule has 0 heterocycles. The van der Waals surface area contributed by atoms with Gasteiger partial charge in [0, 0.05) is 12.5 Å². The highest BCUT2D eigenvalue weighted by Crippen LogP contribution is 1.96. The molecule has 0 aliphatic carbocycles. The van der Waals surface area contributed by atoms with E-state index in [2.05, 4.69) is 10.6 Å². The highest BCUT2D eigenvalue weighted by Gasteiger charge is 2.08. The number of aliphatic hydroxyl groups is 1. The number of rotatable bonds is 7. The van der Waals surface area contributed by atoms with E-state index in [4.69, 9.17) is 5.11 Å². The molecule has 0 radical (unpaired) electrons. The minimum atomic E-state index is -0.0751. The number of carbonyl (C=O) groups is 1. The number of aliphatic hydroxyl groups excluding tert-OH is 1. The van der Waals surface area contributed by atoms with Crippen molar-refractivity contribution in [2.24, 2.45) is 0 Å². The highest BCUT2D eigenvalue weighted by atomic mass is 16.3. The molecule has 4 heteroatoms. The van der Waals surface area contributed by atoms with Gasteiger partial charge in [0.25, 0.3) is 0 Å². The first kappa shape index (κ1) is 12.4. The third-order valence-corrected chi connectivity index (χ3v) is 1.94. The zero-order valence-electron chi connectivity index (χ0n) is 8.47. The zero-order chi connectivity index (χ0) is 10.1. The Balaban J connectivity index is 3.62. The van der Waals surface area contributed by atoms with E-state index in [9.17, 15) is 4.79 Å². The Morgan fingerprint density at radius 3 is 2.69 bits per heavy atom. The summed E-state index contributed by atoms with van der Waals surface area (Å²) in [6.45, 7) is 2.87. The molecule has 3 N–H and O–H groups in total. The third-order valence-electron chi connectivity index (χ3n) is 1.94. The standard InChI is InChI=1S/C9H20N2O2/c1-3-8(4-6-10-2)11-9(13)5-7-12/h8,10,12H,3-7H2,1-2H3,(H,11,13)/t8-/m1/s1. The summed E-state index contributed by atoms with van der Waals surface area (Å²) in [5.74, 6) is -0.0644. The van der Waals surface area contributed by atoms with Crippen LogP contribution in [0, 0.1) is 0 Å². The molecule has 1 amide bonds. The van der Waals surface area contributed by atoms with E-state index in [1.54, 1.807) is 0 Å². The van der Waals surface area contributed by atoms with Gasteiger partial charge in [0.2, 0.25) is 5.91 Å². The lowest BCUT2D eigenvalue weighted by Crippen LogP contribution is -2.36. The quantitative estimate of drug-likeness (QED) is 0.521. The fourth-order valence-corrected chi connectivity index (χ4v) is 1.10. The minimum Gasteiger partial charge on any atom is -0.396 e. The summed E-state index contributed by atoms with van der Waals surface area (Å²) in [5.41, 5.74) is 0. The molecule has 0 aromatic heterocycles. The Bertz CT molecular complexity index is 140. The van der Waals surface area contributed by atoms with Gasteiger partial charge in [-0.2, -0.15) is 0 Å². The van der Waals surface area contributed by atoms with Gasteiger partial charge >= 0.3 is 0 Å². The molecule has 0 aromatic rings. The van der Waals surface area contributed by atoms with Gasteiger partial charge in [0.15, 0.2) is 0 Å². The van der Waals surface area contributed by atoms with Crippen LogP contribution in [0.3, 0.4) is 0 Å². The van der Waals surface area contributed by atoms with Crippen LogP contribution in [0.4, 0.5) is 0 Å². The molecule has 0 aliphatic rings. The molecule has 0 bridgehead atoms. The Labute approximate surface area is 79.7 Å². The summed E-state index contributed by atoms with van der Waals surface area (Å²) in [7, 11) is 1.89. The number of nitrogens with one attached hydrogen (secondary N) is 2. The van der Waals surface area contributed by atoms with E-state index in [0.29, 0.717) is 0 Å². The maximum absolute atomic E-state index is 11.1. The molecular formula is C9H20N2O2. The lowest BCUT2D eigenvalue weighted by molar-refractivity contribution is -0.122. The number of hydrogen-bond donors (Lipinski definition) is 3. The summed E-state index contributed by atoms with van der Waals surface area (Å²) in [5, 5.41) is 14.4. The molecule has 0 rings (SSSR count). The van der Waals surface area contributed by atoms with Gasteiger partial charge < -0.3 is 15.7 Å². The molecule has 0 spiro atoms. The Morgan fingerprint density at radius 1 is 1.54 bits per heavy atom. The molecule has 0 saturated carbocycles. The molecule has 78 valence electrons. The van der Waals surface area contributed by atoms with Crippen LogP contribution >= 0.6 is 0 Å². The Morgan fingerprint density at radius 2 is 2.23 bits per heavy atom. The van der Waals surface area contributed by atoms with Crippen molar-refractivity contribution in [3.8, 4) is 0 Å². The van der Waals surface area contributed by atoms with Crippen molar-refractivity contribution in [3.63, 3.8) is 0 Å². The van der Waals surface area contributed by atoms with Gasteiger partial charge in [-0.1, -0.05) is 6.92 Å². The second-order valence-corrected chi connectivity index (χ2v) is 3.04. The molecule has 0 unspecified atom stereocenters. The lowest BCUT2D eigenvalue weighted by atomic mass is 10.1. The minimum absolute atomic E-state index is 0.0644. The number of amides is 1. The van der Waals surface area contributed by atoms with Crippen LogP contribution in [-0.4, -0.2) is 37.3 Å². The predicted molar refractivity (Wildman–Crippen MR) is 52.5 cm³/mol. The van der Waals surface area contributed by atoms with Crippen LogP contribution < -0.4 is 10.6 Å². The summed E-state index contributed by atoms with van der Waals surface area (Å²) in [6, 6.07) is 0.228. The van der Waals surface area contributed by atoms with Crippen molar-refractivity contribution in [2.45, 2.75) is 32.2 Å². The number of carbonyl (C=O) groups excluding carboxylic acids is 1. The lowest BCUT2D eigenvalue weighted by Gasteiger charge is -2.16. The maximum atomic E-state index is 11.1. The Kier molecular flexibility index (Phi) is 7.63. The van der Waals surface area contributed by atoms with Crippen LogP contribution in [0.25, 0.3) is 0 Å². The van der Waals surface area contributed by atoms with E-state index in [1.165, 1.54) is 0 Å². The first-order valence-corrected chi connectivity index (χ1v) is 4.79. The summed E-state index contributed by atoms with van der Waals surface area (Å²) >= 11 is 0. The van der Waals surface area contributed by atoms with Crippen LogP contribution in [-0.2, 0) is 4.79 Å². The van der Waals surface area contributed by atoms with E-state index in [0.717, 1.165) is 19.4 Å². The van der Waals surface area contributed by atoms with Gasteiger partial charge in [-0.3, -0.25) is 4.79 Å². The summed E-state index contributed by atoms with van der Waals surface area (Å²) in [6.07, 6.45) is 2.07. The van der Waals surface area contributed by atoms with Gasteiger partial charge in [-0.15, -0.1) is 0 Å². The average molecular weight is 188 g/mol. The third kappa shape index (κ3) is 6.54. The van der Waals surface area contributed by atoms with Gasteiger partial charge in [-0.05, 0) is 26.4 Å². The van der Waals surface area contributed by atoms with Crippen molar-refractivity contribution < 1.29 is 9.90 Å². The fourth-order valence-electron chi connectivity index (χ4n) is 1.10. The monoisotopic (exact) mass is 188 g/mol. The van der Waals surface area contributed by atoms with Gasteiger partial charge in [-0.25, -0.2) is 0 Å². The molecule has 1 atom stereocenters. The summed E-state index contributed by atoms with van der Waals surface area (Å²) in [4.78, 5) is 11.1.